The Kier molecular flexibility index (Phi) is 9.25. The van der Waals surface area contributed by atoms with Gasteiger partial charge in [-0.1, -0.05) is 59.6 Å². The number of pyridine rings is 1. The lowest BCUT2D eigenvalue weighted by Gasteiger charge is -2.23. The van der Waals surface area contributed by atoms with E-state index in [9.17, 15) is 18.8 Å². The van der Waals surface area contributed by atoms with Crippen LogP contribution in [0, 0.1) is 11.1 Å². The van der Waals surface area contributed by atoms with Crippen LogP contribution < -0.4 is 19.9 Å². The number of ether oxygens (including phenoxy) is 3. The van der Waals surface area contributed by atoms with Gasteiger partial charge in [-0.15, -0.1) is 0 Å². The number of hydrogen-bond donors (Lipinski definition) is 1. The Morgan fingerprint density at radius 1 is 1.05 bits per heavy atom. The molecule has 2 atom stereocenters. The fraction of sp³-hybridized carbons (Fsp3) is 0.333. The van der Waals surface area contributed by atoms with Crippen LogP contribution in [0.15, 0.2) is 60.9 Å². The predicted molar refractivity (Wildman–Crippen MR) is 137 cm³/mol. The molecule has 2 aromatic carbocycles. The molecule has 1 aromatic heterocycles. The van der Waals surface area contributed by atoms with Crippen LogP contribution in [0.1, 0.15) is 35.6 Å². The maximum Gasteiger partial charge on any atom is 0.387 e. The van der Waals surface area contributed by atoms with E-state index in [1.807, 2.05) is 30.3 Å². The average Bonchev–Trinajstić information content (AvgIpc) is 3.69. The second-order valence-corrected chi connectivity index (χ2v) is 9.87. The number of halogens is 4. The van der Waals surface area contributed by atoms with Gasteiger partial charge in [-0.2, -0.15) is 13.5 Å². The summed E-state index contributed by atoms with van der Waals surface area (Å²) in [4.78, 5) is 13.0. The van der Waals surface area contributed by atoms with Crippen molar-refractivity contribution >= 4 is 29.2 Å². The molecule has 1 aliphatic rings. The lowest BCUT2D eigenvalue weighted by molar-refractivity contribution is -0.605. The first-order valence-corrected chi connectivity index (χ1v) is 12.7. The Hall–Kier alpha value is -3.14. The van der Waals surface area contributed by atoms with E-state index >= 15 is 0 Å². The molecule has 0 saturated heterocycles. The molecule has 0 aliphatic heterocycles. The number of nitrogens with two attached hydrogens (primary N) is 1. The molecule has 0 spiro atoms. The average molecular weight is 567 g/mol. The first-order valence-electron chi connectivity index (χ1n) is 12.0. The molecule has 7 nitrogen and oxygen atoms in total. The summed E-state index contributed by atoms with van der Waals surface area (Å²) in [6.07, 6.45) is 3.50. The van der Waals surface area contributed by atoms with Crippen molar-refractivity contribution in [2.45, 2.75) is 44.4 Å². The quantitative estimate of drug-likeness (QED) is 0.179. The molecule has 0 unspecified atom stereocenters. The summed E-state index contributed by atoms with van der Waals surface area (Å²) in [6, 6.07) is 12.5. The van der Waals surface area contributed by atoms with Crippen LogP contribution >= 0.6 is 23.2 Å². The maximum absolute atomic E-state index is 13.0. The number of aromatic nitrogens is 1. The van der Waals surface area contributed by atoms with Gasteiger partial charge in [-0.25, -0.2) is 0 Å². The van der Waals surface area contributed by atoms with E-state index in [0.717, 1.165) is 30.8 Å². The highest BCUT2D eigenvalue weighted by Crippen LogP contribution is 2.37. The summed E-state index contributed by atoms with van der Waals surface area (Å²) in [5.41, 5.74) is 7.78. The number of carbonyl (C=O) groups is 1. The Labute approximate surface area is 228 Å². The lowest BCUT2D eigenvalue weighted by atomic mass is 10.0. The van der Waals surface area contributed by atoms with E-state index in [4.69, 9.17) is 38.4 Å². The van der Waals surface area contributed by atoms with E-state index in [1.54, 1.807) is 0 Å². The van der Waals surface area contributed by atoms with Gasteiger partial charge in [0.1, 0.15) is 22.2 Å². The summed E-state index contributed by atoms with van der Waals surface area (Å²) in [5.74, 6) is -0.386. The SMILES string of the molecule is N[C@H](Cc1ccccc1)C(=O)O[C@@H](Cc1c(Cl)c[n+]([O-])cc1Cl)c1ccc(OC(F)F)c(OCC2CC2)c1. The molecule has 0 radical (unpaired) electrons. The van der Waals surface area contributed by atoms with Gasteiger partial charge >= 0.3 is 12.6 Å². The lowest BCUT2D eigenvalue weighted by Crippen LogP contribution is -2.35. The molecule has 3 aromatic rings. The third kappa shape index (κ3) is 7.69. The minimum atomic E-state index is -3.05. The van der Waals surface area contributed by atoms with Crippen molar-refractivity contribution in [1.29, 1.82) is 0 Å². The largest absolute Gasteiger partial charge is 0.619 e. The summed E-state index contributed by atoms with van der Waals surface area (Å²) in [6.45, 7) is -2.70. The molecule has 0 amide bonds. The van der Waals surface area contributed by atoms with Gasteiger partial charge in [0.15, 0.2) is 23.9 Å². The molecule has 1 heterocycles. The number of hydrogen-bond acceptors (Lipinski definition) is 6. The zero-order valence-electron chi connectivity index (χ0n) is 20.2. The molecular weight excluding hydrogens is 541 g/mol. The minimum Gasteiger partial charge on any atom is -0.619 e. The van der Waals surface area contributed by atoms with Crippen molar-refractivity contribution in [3.8, 4) is 11.5 Å². The van der Waals surface area contributed by atoms with E-state index in [-0.39, 0.29) is 34.4 Å². The monoisotopic (exact) mass is 566 g/mol. The number of rotatable bonds is 12. The van der Waals surface area contributed by atoms with Crippen molar-refractivity contribution < 1.29 is 32.5 Å². The van der Waals surface area contributed by atoms with Gasteiger partial charge < -0.3 is 25.2 Å². The number of nitrogens with zero attached hydrogens (tertiary/aromatic N) is 1. The normalized spacial score (nSPS) is 14.7. The standard InChI is InChI=1S/C27H26Cl2F2N2O5/c28-20-13-33(35)14-21(29)19(20)12-24(37-26(34)22(32)10-16-4-2-1-3-5-16)18-8-9-23(38-27(30)31)25(11-18)36-15-17-6-7-17/h1-5,8-9,11,13-14,17,22,24,27H,6-7,10,12,15,32H2/t22-,24+/m1/s1. The third-order valence-electron chi connectivity index (χ3n) is 6.03. The van der Waals surface area contributed by atoms with Gasteiger partial charge in [-0.05, 0) is 48.4 Å². The van der Waals surface area contributed by atoms with Crippen LogP contribution in [-0.4, -0.2) is 25.2 Å². The van der Waals surface area contributed by atoms with Crippen LogP contribution in [0.25, 0.3) is 0 Å². The third-order valence-corrected chi connectivity index (χ3v) is 6.69. The number of benzene rings is 2. The van der Waals surface area contributed by atoms with Gasteiger partial charge in [-0.3, -0.25) is 4.79 Å². The van der Waals surface area contributed by atoms with Crippen LogP contribution in [-0.2, 0) is 22.4 Å². The summed E-state index contributed by atoms with van der Waals surface area (Å²) < 4.78 is 42.7. The molecule has 0 bridgehead atoms. The van der Waals surface area contributed by atoms with Crippen molar-refractivity contribution in [3.63, 3.8) is 0 Å². The summed E-state index contributed by atoms with van der Waals surface area (Å²) in [7, 11) is 0. The molecule has 11 heteroatoms. The minimum absolute atomic E-state index is 0.0145. The first-order chi connectivity index (χ1) is 18.2. The van der Waals surface area contributed by atoms with Gasteiger partial charge in [0.25, 0.3) is 0 Å². The van der Waals surface area contributed by atoms with E-state index in [1.165, 1.54) is 18.2 Å². The zero-order valence-corrected chi connectivity index (χ0v) is 21.7. The molecule has 2 N–H and O–H groups in total. The predicted octanol–water partition coefficient (Wildman–Crippen LogP) is 5.41. The smallest absolute Gasteiger partial charge is 0.387 e. The molecule has 1 fully saturated rings. The molecule has 38 heavy (non-hydrogen) atoms. The fourth-order valence-corrected chi connectivity index (χ4v) is 4.44. The second kappa shape index (κ2) is 12.6. The van der Waals surface area contributed by atoms with Crippen LogP contribution in [0.5, 0.6) is 11.5 Å². The van der Waals surface area contributed by atoms with Crippen molar-refractivity contribution in [2.24, 2.45) is 11.7 Å². The molecule has 1 aliphatic carbocycles. The second-order valence-electron chi connectivity index (χ2n) is 9.06. The van der Waals surface area contributed by atoms with E-state index in [2.05, 4.69) is 4.74 Å². The Morgan fingerprint density at radius 3 is 2.37 bits per heavy atom. The van der Waals surface area contributed by atoms with Crippen molar-refractivity contribution in [3.05, 3.63) is 92.9 Å². The van der Waals surface area contributed by atoms with Crippen molar-refractivity contribution in [2.75, 3.05) is 6.61 Å². The zero-order chi connectivity index (χ0) is 27.2. The number of carbonyl (C=O) groups excluding carboxylic acids is 1. The fourth-order valence-electron chi connectivity index (χ4n) is 3.84. The Morgan fingerprint density at radius 2 is 1.74 bits per heavy atom. The Balaban J connectivity index is 1.63. The van der Waals surface area contributed by atoms with Gasteiger partial charge in [0.2, 0.25) is 0 Å². The number of esters is 1. The summed E-state index contributed by atoms with van der Waals surface area (Å²) in [5, 5.41) is 11.9. The number of alkyl halides is 2. The topological polar surface area (TPSA) is 97.7 Å². The van der Waals surface area contributed by atoms with Crippen LogP contribution in [0.4, 0.5) is 8.78 Å². The highest BCUT2D eigenvalue weighted by Gasteiger charge is 2.28. The van der Waals surface area contributed by atoms with E-state index in [0.29, 0.717) is 28.4 Å². The first kappa shape index (κ1) is 27.9. The maximum atomic E-state index is 13.0. The highest BCUT2D eigenvalue weighted by molar-refractivity contribution is 6.35. The Bertz CT molecular complexity index is 1240. The molecule has 202 valence electrons. The van der Waals surface area contributed by atoms with E-state index < -0.39 is 24.7 Å². The van der Waals surface area contributed by atoms with Crippen LogP contribution in [0.2, 0.25) is 10.0 Å². The highest BCUT2D eigenvalue weighted by atomic mass is 35.5. The van der Waals surface area contributed by atoms with Gasteiger partial charge in [0.05, 0.1) is 6.61 Å². The molecular formula is C27H26Cl2F2N2O5. The molecule has 1 saturated carbocycles. The van der Waals surface area contributed by atoms with Crippen LogP contribution in [0.3, 0.4) is 0 Å². The van der Waals surface area contributed by atoms with Crippen molar-refractivity contribution in [1.82, 2.24) is 0 Å². The molecule has 4 rings (SSSR count). The summed E-state index contributed by atoms with van der Waals surface area (Å²) >= 11 is 12.6. The van der Waals surface area contributed by atoms with Gasteiger partial charge in [0, 0.05) is 12.0 Å².